The van der Waals surface area contributed by atoms with Crippen molar-refractivity contribution in [3.63, 3.8) is 0 Å². The van der Waals surface area contributed by atoms with Crippen LogP contribution in [-0.4, -0.2) is 42.4 Å². The van der Waals surface area contributed by atoms with Crippen molar-refractivity contribution in [3.8, 4) is 11.4 Å². The van der Waals surface area contributed by atoms with Gasteiger partial charge in [0.25, 0.3) is 0 Å². The number of aryl methyl sites for hydroxylation is 1. The monoisotopic (exact) mass is 446 g/mol. The molecule has 1 amide bonds. The van der Waals surface area contributed by atoms with Gasteiger partial charge in [-0.2, -0.15) is 10.2 Å². The highest BCUT2D eigenvalue weighted by atomic mass is 32.1. The number of hydrogen-bond donors (Lipinski definition) is 1. The third kappa shape index (κ3) is 5.20. The van der Waals surface area contributed by atoms with Crippen LogP contribution < -0.4 is 0 Å². The first-order chi connectivity index (χ1) is 15.5. The summed E-state index contributed by atoms with van der Waals surface area (Å²) in [7, 11) is 1.81. The molecule has 0 bridgehead atoms. The minimum Gasteiger partial charge on any atom is -0.341 e. The second-order valence-electron chi connectivity index (χ2n) is 7.91. The molecule has 0 radical (unpaired) electrons. The van der Waals surface area contributed by atoms with Crippen molar-refractivity contribution >= 4 is 18.1 Å². The maximum absolute atomic E-state index is 12.8. The number of H-pyrrole nitrogens is 1. The zero-order valence-electron chi connectivity index (χ0n) is 18.2. The van der Waals surface area contributed by atoms with E-state index in [1.165, 1.54) is 5.56 Å². The molecule has 32 heavy (non-hydrogen) atoms. The summed E-state index contributed by atoms with van der Waals surface area (Å²) in [6.45, 7) is 3.72. The van der Waals surface area contributed by atoms with E-state index in [2.05, 4.69) is 33.5 Å². The van der Waals surface area contributed by atoms with E-state index in [0.717, 1.165) is 22.5 Å². The van der Waals surface area contributed by atoms with Gasteiger partial charge in [0.1, 0.15) is 0 Å². The third-order valence-corrected chi connectivity index (χ3v) is 5.62. The number of hydrogen-bond acceptors (Lipinski definition) is 4. The van der Waals surface area contributed by atoms with Gasteiger partial charge in [-0.3, -0.25) is 19.1 Å². The number of rotatable bonds is 8. The zero-order valence-corrected chi connectivity index (χ0v) is 19.0. The van der Waals surface area contributed by atoms with Crippen LogP contribution in [0.15, 0.2) is 67.0 Å². The first-order valence-electron chi connectivity index (χ1n) is 10.5. The van der Waals surface area contributed by atoms with Gasteiger partial charge < -0.3 is 4.90 Å². The van der Waals surface area contributed by atoms with Crippen molar-refractivity contribution in [2.24, 2.45) is 0 Å². The molecule has 0 fully saturated rings. The first kappa shape index (κ1) is 21.7. The molecule has 0 aliphatic heterocycles. The molecule has 0 saturated heterocycles. The van der Waals surface area contributed by atoms with Crippen LogP contribution in [0.4, 0.5) is 0 Å². The van der Waals surface area contributed by atoms with Gasteiger partial charge in [-0.25, -0.2) is 0 Å². The summed E-state index contributed by atoms with van der Waals surface area (Å²) in [6.07, 6.45) is 4.13. The molecule has 4 aromatic rings. The van der Waals surface area contributed by atoms with Crippen LogP contribution in [0.3, 0.4) is 0 Å². The van der Waals surface area contributed by atoms with Gasteiger partial charge in [0.05, 0.1) is 12.7 Å². The van der Waals surface area contributed by atoms with Crippen molar-refractivity contribution < 1.29 is 4.79 Å². The SMILES string of the molecule is Cc1cccc(-c2n[nH]c(=S)n2CCC(=O)N(C)Cc2cnn(Cc3ccccc3)c2)c1. The Morgan fingerprint density at radius 3 is 2.72 bits per heavy atom. The fourth-order valence-electron chi connectivity index (χ4n) is 3.63. The molecular formula is C24H26N6OS. The lowest BCUT2D eigenvalue weighted by Crippen LogP contribution is -2.27. The van der Waals surface area contributed by atoms with E-state index in [0.29, 0.717) is 30.8 Å². The van der Waals surface area contributed by atoms with Gasteiger partial charge >= 0.3 is 0 Å². The number of nitrogens with zero attached hydrogens (tertiary/aromatic N) is 5. The molecule has 7 nitrogen and oxygen atoms in total. The maximum Gasteiger partial charge on any atom is 0.224 e. The average molecular weight is 447 g/mol. The summed E-state index contributed by atoms with van der Waals surface area (Å²) >= 11 is 5.39. The Bertz CT molecular complexity index is 1260. The molecule has 164 valence electrons. The molecule has 2 aromatic heterocycles. The highest BCUT2D eigenvalue weighted by Gasteiger charge is 2.14. The predicted molar refractivity (Wildman–Crippen MR) is 126 cm³/mol. The molecule has 0 saturated carbocycles. The minimum absolute atomic E-state index is 0.0408. The highest BCUT2D eigenvalue weighted by Crippen LogP contribution is 2.19. The molecule has 0 atom stereocenters. The van der Waals surface area contributed by atoms with Crippen LogP contribution in [0.25, 0.3) is 11.4 Å². The molecule has 4 rings (SSSR count). The number of carbonyl (C=O) groups is 1. The van der Waals surface area contributed by atoms with Gasteiger partial charge in [-0.1, -0.05) is 54.1 Å². The van der Waals surface area contributed by atoms with Crippen molar-refractivity contribution in [2.45, 2.75) is 33.0 Å². The minimum atomic E-state index is 0.0408. The Morgan fingerprint density at radius 1 is 1.12 bits per heavy atom. The molecular weight excluding hydrogens is 420 g/mol. The van der Waals surface area contributed by atoms with Crippen LogP contribution in [0, 0.1) is 11.7 Å². The van der Waals surface area contributed by atoms with Crippen LogP contribution in [-0.2, 0) is 24.4 Å². The van der Waals surface area contributed by atoms with Crippen molar-refractivity contribution in [1.82, 2.24) is 29.4 Å². The molecule has 0 unspecified atom stereocenters. The summed E-state index contributed by atoms with van der Waals surface area (Å²) in [5, 5.41) is 11.6. The highest BCUT2D eigenvalue weighted by molar-refractivity contribution is 7.71. The lowest BCUT2D eigenvalue weighted by Gasteiger charge is -2.16. The standard InChI is InChI=1S/C24H26N6OS/c1-18-7-6-10-21(13-18)23-26-27-24(32)30(23)12-11-22(31)28(2)15-20-14-25-29(17-20)16-19-8-4-3-5-9-19/h3-10,13-14,17H,11-12,15-16H2,1-2H3,(H,27,32). The first-order valence-corrected chi connectivity index (χ1v) is 10.9. The van der Waals surface area contributed by atoms with Crippen molar-refractivity contribution in [1.29, 1.82) is 0 Å². The van der Waals surface area contributed by atoms with Gasteiger partial charge in [0.2, 0.25) is 5.91 Å². The van der Waals surface area contributed by atoms with E-state index in [9.17, 15) is 4.79 Å². The third-order valence-electron chi connectivity index (χ3n) is 5.30. The van der Waals surface area contributed by atoms with Crippen molar-refractivity contribution in [3.05, 3.63) is 88.5 Å². The number of aromatic nitrogens is 5. The summed E-state index contributed by atoms with van der Waals surface area (Å²) in [5.74, 6) is 0.787. The second kappa shape index (κ2) is 9.74. The Balaban J connectivity index is 1.36. The fourth-order valence-corrected chi connectivity index (χ4v) is 3.86. The Labute approximate surface area is 192 Å². The summed E-state index contributed by atoms with van der Waals surface area (Å²) in [5.41, 5.74) is 4.31. The summed E-state index contributed by atoms with van der Waals surface area (Å²) in [4.78, 5) is 14.5. The van der Waals surface area contributed by atoms with Crippen LogP contribution in [0.2, 0.25) is 0 Å². The molecule has 8 heteroatoms. The number of benzene rings is 2. The quantitative estimate of drug-likeness (QED) is 0.412. The van der Waals surface area contributed by atoms with Crippen LogP contribution >= 0.6 is 12.2 Å². The van der Waals surface area contributed by atoms with E-state index in [4.69, 9.17) is 12.2 Å². The Morgan fingerprint density at radius 2 is 1.94 bits per heavy atom. The second-order valence-corrected chi connectivity index (χ2v) is 8.29. The van der Waals surface area contributed by atoms with E-state index >= 15 is 0 Å². The van der Waals surface area contributed by atoms with Gasteiger partial charge in [0.15, 0.2) is 10.6 Å². The number of carbonyl (C=O) groups excluding carboxylic acids is 1. The molecule has 2 aromatic carbocycles. The van der Waals surface area contributed by atoms with Gasteiger partial charge in [-0.15, -0.1) is 0 Å². The zero-order chi connectivity index (χ0) is 22.5. The van der Waals surface area contributed by atoms with Gasteiger partial charge in [0, 0.05) is 43.9 Å². The average Bonchev–Trinajstić information content (AvgIpc) is 3.38. The van der Waals surface area contributed by atoms with Crippen LogP contribution in [0.1, 0.15) is 23.1 Å². The predicted octanol–water partition coefficient (Wildman–Crippen LogP) is 4.21. The maximum atomic E-state index is 12.8. The lowest BCUT2D eigenvalue weighted by atomic mass is 10.1. The molecule has 1 N–H and O–H groups in total. The molecule has 0 spiro atoms. The smallest absolute Gasteiger partial charge is 0.224 e. The largest absolute Gasteiger partial charge is 0.341 e. The summed E-state index contributed by atoms with van der Waals surface area (Å²) in [6, 6.07) is 18.3. The van der Waals surface area contributed by atoms with Crippen molar-refractivity contribution in [2.75, 3.05) is 7.05 Å². The Hall–Kier alpha value is -3.52. The van der Waals surface area contributed by atoms with E-state index in [1.807, 2.05) is 72.0 Å². The lowest BCUT2D eigenvalue weighted by molar-refractivity contribution is -0.130. The molecule has 2 heterocycles. The number of nitrogens with one attached hydrogen (secondary N) is 1. The van der Waals surface area contributed by atoms with E-state index in [1.54, 1.807) is 4.90 Å². The molecule has 0 aliphatic carbocycles. The fraction of sp³-hybridized carbons (Fsp3) is 0.250. The number of amides is 1. The van der Waals surface area contributed by atoms with E-state index < -0.39 is 0 Å². The van der Waals surface area contributed by atoms with Gasteiger partial charge in [-0.05, 0) is 30.8 Å². The normalized spacial score (nSPS) is 10.9. The topological polar surface area (TPSA) is 71.7 Å². The number of aromatic amines is 1. The van der Waals surface area contributed by atoms with Crippen LogP contribution in [0.5, 0.6) is 0 Å². The summed E-state index contributed by atoms with van der Waals surface area (Å²) < 4.78 is 4.29. The molecule has 0 aliphatic rings. The van der Waals surface area contributed by atoms with E-state index in [-0.39, 0.29) is 5.91 Å². The Kier molecular flexibility index (Phi) is 6.61.